The van der Waals surface area contributed by atoms with Crippen molar-refractivity contribution >= 4 is 12.3 Å². The Morgan fingerprint density at radius 1 is 1.48 bits per heavy atom. The van der Waals surface area contributed by atoms with Gasteiger partial charge in [-0.05, 0) is 37.1 Å². The van der Waals surface area contributed by atoms with Crippen LogP contribution in [0.1, 0.15) is 41.0 Å². The van der Waals surface area contributed by atoms with Gasteiger partial charge in [-0.1, -0.05) is 11.8 Å². The van der Waals surface area contributed by atoms with E-state index >= 15 is 0 Å². The Balaban J connectivity index is 1.64. The van der Waals surface area contributed by atoms with Crippen LogP contribution in [0.2, 0.25) is 0 Å². The van der Waals surface area contributed by atoms with Gasteiger partial charge in [0.2, 0.25) is 6.41 Å². The predicted octanol–water partition coefficient (Wildman–Crippen LogP) is 0.586. The van der Waals surface area contributed by atoms with Gasteiger partial charge in [-0.3, -0.25) is 9.59 Å². The normalized spacial score (nSPS) is 16.3. The highest BCUT2D eigenvalue weighted by Crippen LogP contribution is 2.51. The third-order valence-corrected chi connectivity index (χ3v) is 5.37. The summed E-state index contributed by atoms with van der Waals surface area (Å²) in [7, 11) is 1.65. The number of fused-ring (bicyclic) bond motifs is 4. The van der Waals surface area contributed by atoms with Crippen molar-refractivity contribution in [1.29, 1.82) is 0 Å². The molecule has 0 saturated heterocycles. The molecule has 1 fully saturated rings. The summed E-state index contributed by atoms with van der Waals surface area (Å²) in [5.74, 6) is 5.85. The molecular formula is C21H22N4O4. The molecule has 0 radical (unpaired) electrons. The van der Waals surface area contributed by atoms with Crippen LogP contribution in [-0.4, -0.2) is 58.4 Å². The molecule has 1 aromatic carbocycles. The van der Waals surface area contributed by atoms with Gasteiger partial charge < -0.3 is 20.5 Å². The van der Waals surface area contributed by atoms with Gasteiger partial charge in [0.15, 0.2) is 5.69 Å². The first kappa shape index (κ1) is 19.0. The fourth-order valence-corrected chi connectivity index (χ4v) is 3.40. The standard InChI is InChI=1S/C21H22N4O4/c1-24(13-26)9-6-15(27)4-2-14-3-5-18-17(10-14)25-19(11-16(23-25)20(22)28)21(7-8-21)12-29-18/h3,5,10-11,13,15,27H,6-9,12H2,1H3,(H2,22,28). The number of rotatable bonds is 5. The fourth-order valence-electron chi connectivity index (χ4n) is 3.40. The number of ether oxygens (including phenoxy) is 1. The first-order valence-corrected chi connectivity index (χ1v) is 9.44. The zero-order chi connectivity index (χ0) is 20.6. The summed E-state index contributed by atoms with van der Waals surface area (Å²) >= 11 is 0. The third-order valence-electron chi connectivity index (χ3n) is 5.37. The number of nitrogens with zero attached hydrogens (tertiary/aromatic N) is 3. The number of aromatic nitrogens is 2. The molecule has 2 amide bonds. The molecule has 4 rings (SSSR count). The maximum atomic E-state index is 11.7. The summed E-state index contributed by atoms with van der Waals surface area (Å²) in [6, 6.07) is 7.22. The van der Waals surface area contributed by atoms with E-state index in [1.54, 1.807) is 17.8 Å². The van der Waals surface area contributed by atoms with Gasteiger partial charge in [0, 0.05) is 31.0 Å². The van der Waals surface area contributed by atoms with Gasteiger partial charge in [-0.2, -0.15) is 5.10 Å². The number of aliphatic hydroxyl groups is 1. The Labute approximate surface area is 168 Å². The summed E-state index contributed by atoms with van der Waals surface area (Å²) in [6.07, 6.45) is 2.17. The Bertz CT molecular complexity index is 1030. The van der Waals surface area contributed by atoms with E-state index in [4.69, 9.17) is 10.5 Å². The van der Waals surface area contributed by atoms with Crippen LogP contribution in [0.4, 0.5) is 0 Å². The number of carbonyl (C=O) groups is 2. The van der Waals surface area contributed by atoms with Gasteiger partial charge in [-0.15, -0.1) is 0 Å². The second-order valence-corrected chi connectivity index (χ2v) is 7.60. The van der Waals surface area contributed by atoms with E-state index in [2.05, 4.69) is 16.9 Å². The summed E-state index contributed by atoms with van der Waals surface area (Å²) in [5.41, 5.74) is 7.84. The molecule has 2 aromatic rings. The van der Waals surface area contributed by atoms with Crippen molar-refractivity contribution in [3.8, 4) is 23.3 Å². The van der Waals surface area contributed by atoms with Crippen LogP contribution in [0.5, 0.6) is 5.75 Å². The fraction of sp³-hybridized carbons (Fsp3) is 0.381. The highest BCUT2D eigenvalue weighted by molar-refractivity contribution is 5.91. The molecule has 0 bridgehead atoms. The number of benzene rings is 1. The van der Waals surface area contributed by atoms with E-state index in [1.807, 2.05) is 18.2 Å². The first-order chi connectivity index (χ1) is 13.9. The summed E-state index contributed by atoms with van der Waals surface area (Å²) in [5, 5.41) is 14.4. The van der Waals surface area contributed by atoms with Crippen molar-refractivity contribution in [2.75, 3.05) is 20.2 Å². The highest BCUT2D eigenvalue weighted by Gasteiger charge is 2.50. The number of amides is 2. The monoisotopic (exact) mass is 394 g/mol. The average molecular weight is 394 g/mol. The van der Waals surface area contributed by atoms with Crippen LogP contribution in [0.15, 0.2) is 24.3 Å². The summed E-state index contributed by atoms with van der Waals surface area (Å²) in [4.78, 5) is 23.7. The summed E-state index contributed by atoms with van der Waals surface area (Å²) in [6.45, 7) is 0.948. The highest BCUT2D eigenvalue weighted by atomic mass is 16.5. The van der Waals surface area contributed by atoms with E-state index < -0.39 is 12.0 Å². The molecule has 2 heterocycles. The maximum Gasteiger partial charge on any atom is 0.269 e. The topological polar surface area (TPSA) is 111 Å². The molecule has 1 spiro atoms. The molecular weight excluding hydrogens is 372 g/mol. The van der Waals surface area contributed by atoms with Crippen LogP contribution < -0.4 is 10.5 Å². The molecule has 150 valence electrons. The zero-order valence-electron chi connectivity index (χ0n) is 16.1. The van der Waals surface area contributed by atoms with Crippen LogP contribution in [0, 0.1) is 11.8 Å². The van der Waals surface area contributed by atoms with Crippen molar-refractivity contribution in [2.24, 2.45) is 5.73 Å². The Hall–Kier alpha value is -3.31. The minimum absolute atomic E-state index is 0.133. The van der Waals surface area contributed by atoms with E-state index in [-0.39, 0.29) is 11.1 Å². The minimum Gasteiger partial charge on any atom is -0.490 e. The van der Waals surface area contributed by atoms with Gasteiger partial charge >= 0.3 is 0 Å². The second kappa shape index (κ2) is 7.26. The van der Waals surface area contributed by atoms with Crippen molar-refractivity contribution < 1.29 is 19.4 Å². The predicted molar refractivity (Wildman–Crippen MR) is 105 cm³/mol. The van der Waals surface area contributed by atoms with Gasteiger partial charge in [0.05, 0.1) is 12.3 Å². The smallest absolute Gasteiger partial charge is 0.269 e. The molecule has 3 N–H and O–H groups in total. The summed E-state index contributed by atoms with van der Waals surface area (Å²) < 4.78 is 7.74. The maximum absolute atomic E-state index is 11.7. The van der Waals surface area contributed by atoms with Crippen molar-refractivity contribution in [3.63, 3.8) is 0 Å². The lowest BCUT2D eigenvalue weighted by molar-refractivity contribution is -0.117. The lowest BCUT2D eigenvalue weighted by Crippen LogP contribution is -2.21. The number of hydrogen-bond acceptors (Lipinski definition) is 5. The van der Waals surface area contributed by atoms with Gasteiger partial charge in [0.1, 0.15) is 17.5 Å². The quantitative estimate of drug-likeness (QED) is 0.570. The van der Waals surface area contributed by atoms with Crippen LogP contribution in [0.25, 0.3) is 5.69 Å². The van der Waals surface area contributed by atoms with E-state index in [1.165, 1.54) is 4.90 Å². The third kappa shape index (κ3) is 3.69. The Morgan fingerprint density at radius 2 is 2.28 bits per heavy atom. The van der Waals surface area contributed by atoms with Crippen LogP contribution in [-0.2, 0) is 10.2 Å². The number of aliphatic hydroxyl groups excluding tert-OH is 1. The largest absolute Gasteiger partial charge is 0.490 e. The molecule has 8 heteroatoms. The zero-order valence-corrected chi connectivity index (χ0v) is 16.1. The number of primary amides is 1. The van der Waals surface area contributed by atoms with E-state index in [9.17, 15) is 14.7 Å². The number of carbonyl (C=O) groups excluding carboxylic acids is 2. The lowest BCUT2D eigenvalue weighted by atomic mass is 10.0. The van der Waals surface area contributed by atoms with Crippen molar-refractivity contribution in [1.82, 2.24) is 14.7 Å². The van der Waals surface area contributed by atoms with Crippen molar-refractivity contribution in [2.45, 2.75) is 30.8 Å². The van der Waals surface area contributed by atoms with E-state index in [0.29, 0.717) is 43.0 Å². The molecule has 1 aromatic heterocycles. The van der Waals surface area contributed by atoms with Gasteiger partial charge in [-0.25, -0.2) is 4.68 Å². The van der Waals surface area contributed by atoms with Gasteiger partial charge in [0.25, 0.3) is 5.91 Å². The number of hydrogen-bond donors (Lipinski definition) is 2. The average Bonchev–Trinajstić information content (AvgIpc) is 3.39. The second-order valence-electron chi connectivity index (χ2n) is 7.60. The molecule has 1 aliphatic carbocycles. The molecule has 2 aliphatic rings. The van der Waals surface area contributed by atoms with E-state index in [0.717, 1.165) is 18.5 Å². The first-order valence-electron chi connectivity index (χ1n) is 9.44. The Kier molecular flexibility index (Phi) is 4.76. The SMILES string of the molecule is CN(C=O)CCC(O)C#Cc1ccc2c(c1)-n1nc(C(N)=O)cc1C1(CC1)CO2. The molecule has 1 saturated carbocycles. The molecule has 29 heavy (non-hydrogen) atoms. The Morgan fingerprint density at radius 3 is 2.97 bits per heavy atom. The molecule has 1 aliphatic heterocycles. The van der Waals surface area contributed by atoms with Crippen LogP contribution in [0.3, 0.4) is 0 Å². The van der Waals surface area contributed by atoms with Crippen molar-refractivity contribution in [3.05, 3.63) is 41.2 Å². The molecule has 1 atom stereocenters. The lowest BCUT2D eigenvalue weighted by Gasteiger charge is -2.11. The molecule has 1 unspecified atom stereocenters. The van der Waals surface area contributed by atoms with Crippen LogP contribution >= 0.6 is 0 Å². The minimum atomic E-state index is -0.844. The molecule has 8 nitrogen and oxygen atoms in total. The number of nitrogens with two attached hydrogens (primary N) is 1.